The number of hydrogen-bond donors (Lipinski definition) is 3. The first-order valence-corrected chi connectivity index (χ1v) is 9.30. The molecule has 0 unspecified atom stereocenters. The molecule has 2 aromatic rings. The summed E-state index contributed by atoms with van der Waals surface area (Å²) >= 11 is 0. The topological polar surface area (TPSA) is 74.8 Å². The van der Waals surface area contributed by atoms with E-state index in [9.17, 15) is 4.79 Å². The summed E-state index contributed by atoms with van der Waals surface area (Å²) in [7, 11) is 0. The van der Waals surface area contributed by atoms with Crippen molar-refractivity contribution in [1.29, 1.82) is 0 Å². The van der Waals surface area contributed by atoms with Crippen LogP contribution < -0.4 is 20.7 Å². The van der Waals surface area contributed by atoms with Crippen molar-refractivity contribution in [3.05, 3.63) is 65.7 Å². The predicted octanol–water partition coefficient (Wildman–Crippen LogP) is 2.57. The monoisotopic (exact) mass is 368 g/mol. The van der Waals surface area contributed by atoms with Gasteiger partial charge in [0.15, 0.2) is 5.96 Å². The van der Waals surface area contributed by atoms with Crippen LogP contribution in [0.1, 0.15) is 29.8 Å². The Morgan fingerprint density at radius 3 is 2.30 bits per heavy atom. The third-order valence-electron chi connectivity index (χ3n) is 3.72. The Balaban J connectivity index is 1.82. The number of carbonyl (C=O) groups is 1. The van der Waals surface area contributed by atoms with Crippen LogP contribution in [0.3, 0.4) is 0 Å². The number of nitrogens with zero attached hydrogens (tertiary/aromatic N) is 1. The molecule has 0 radical (unpaired) electrons. The van der Waals surface area contributed by atoms with E-state index in [4.69, 9.17) is 4.74 Å². The minimum absolute atomic E-state index is 0.0547. The molecule has 0 atom stereocenters. The first-order valence-electron chi connectivity index (χ1n) is 9.30. The number of benzene rings is 2. The fraction of sp³-hybridized carbons (Fsp3) is 0.333. The predicted molar refractivity (Wildman–Crippen MR) is 109 cm³/mol. The van der Waals surface area contributed by atoms with Crippen LogP contribution in [0.25, 0.3) is 0 Å². The number of rotatable bonds is 9. The lowest BCUT2D eigenvalue weighted by Crippen LogP contribution is -2.39. The number of ether oxygens (including phenoxy) is 1. The summed E-state index contributed by atoms with van der Waals surface area (Å²) in [4.78, 5) is 16.4. The highest BCUT2D eigenvalue weighted by Crippen LogP contribution is 2.07. The molecule has 27 heavy (non-hydrogen) atoms. The number of hydrogen-bond acceptors (Lipinski definition) is 3. The zero-order valence-corrected chi connectivity index (χ0v) is 16.0. The molecular formula is C21H28N4O2. The van der Waals surface area contributed by atoms with Crippen LogP contribution in [-0.4, -0.2) is 38.1 Å². The Labute approximate surface area is 161 Å². The van der Waals surface area contributed by atoms with E-state index < -0.39 is 0 Å². The largest absolute Gasteiger partial charge is 0.492 e. The number of carbonyl (C=O) groups excluding carboxylic acids is 1. The van der Waals surface area contributed by atoms with Crippen LogP contribution in [0.15, 0.2) is 59.6 Å². The van der Waals surface area contributed by atoms with Gasteiger partial charge in [0.25, 0.3) is 5.91 Å². The van der Waals surface area contributed by atoms with Crippen molar-refractivity contribution in [1.82, 2.24) is 16.0 Å². The Kier molecular flexibility index (Phi) is 8.69. The van der Waals surface area contributed by atoms with Crippen LogP contribution >= 0.6 is 0 Å². The van der Waals surface area contributed by atoms with Crippen molar-refractivity contribution in [3.63, 3.8) is 0 Å². The molecule has 0 saturated heterocycles. The van der Waals surface area contributed by atoms with Crippen LogP contribution in [0.4, 0.5) is 0 Å². The molecule has 3 N–H and O–H groups in total. The van der Waals surface area contributed by atoms with Gasteiger partial charge in [-0.3, -0.25) is 4.79 Å². The zero-order valence-electron chi connectivity index (χ0n) is 16.0. The second-order valence-electron chi connectivity index (χ2n) is 5.84. The summed E-state index contributed by atoms with van der Waals surface area (Å²) in [6.07, 6.45) is 0. The maximum Gasteiger partial charge on any atom is 0.251 e. The molecule has 0 saturated carbocycles. The molecule has 6 heteroatoms. The highest BCUT2D eigenvalue weighted by Gasteiger charge is 2.03. The van der Waals surface area contributed by atoms with Gasteiger partial charge in [0, 0.05) is 18.7 Å². The summed E-state index contributed by atoms with van der Waals surface area (Å²) in [5.74, 6) is 1.54. The number of guanidine groups is 1. The van der Waals surface area contributed by atoms with E-state index >= 15 is 0 Å². The second kappa shape index (κ2) is 11.6. The third-order valence-corrected chi connectivity index (χ3v) is 3.72. The van der Waals surface area contributed by atoms with Crippen molar-refractivity contribution >= 4 is 11.9 Å². The molecule has 6 nitrogen and oxygen atoms in total. The molecule has 0 bridgehead atoms. The van der Waals surface area contributed by atoms with Crippen LogP contribution in [-0.2, 0) is 6.54 Å². The Hall–Kier alpha value is -3.02. The van der Waals surface area contributed by atoms with Gasteiger partial charge < -0.3 is 20.7 Å². The lowest BCUT2D eigenvalue weighted by molar-refractivity contribution is 0.0956. The maximum absolute atomic E-state index is 11.8. The van der Waals surface area contributed by atoms with Crippen molar-refractivity contribution in [3.8, 4) is 5.75 Å². The van der Waals surface area contributed by atoms with E-state index in [0.29, 0.717) is 31.8 Å². The molecule has 0 aromatic heterocycles. The summed E-state index contributed by atoms with van der Waals surface area (Å²) in [5.41, 5.74) is 1.70. The van der Waals surface area contributed by atoms with E-state index in [1.807, 2.05) is 68.4 Å². The van der Waals surface area contributed by atoms with E-state index in [1.54, 1.807) is 0 Å². The van der Waals surface area contributed by atoms with Gasteiger partial charge in [-0.1, -0.05) is 30.3 Å². The molecule has 1 amide bonds. The summed E-state index contributed by atoms with van der Waals surface area (Å²) in [6, 6.07) is 17.2. The first-order chi connectivity index (χ1) is 13.2. The molecule has 2 aromatic carbocycles. The average molecular weight is 368 g/mol. The van der Waals surface area contributed by atoms with Crippen molar-refractivity contribution in [2.45, 2.75) is 20.4 Å². The van der Waals surface area contributed by atoms with Crippen LogP contribution in [0.2, 0.25) is 0 Å². The fourth-order valence-electron chi connectivity index (χ4n) is 2.39. The standard InChI is InChI=1S/C21H28N4O2/c1-3-22-20(26)18-12-10-17(11-13-18)16-25-21(23-4-2)24-14-15-27-19-8-6-5-7-9-19/h5-13H,3-4,14-16H2,1-2H3,(H,22,26)(H2,23,24,25). The summed E-state index contributed by atoms with van der Waals surface area (Å²) < 4.78 is 5.67. The van der Waals surface area contributed by atoms with Crippen LogP contribution in [0, 0.1) is 0 Å². The van der Waals surface area contributed by atoms with Gasteiger partial charge in [-0.05, 0) is 43.7 Å². The Bertz CT molecular complexity index is 715. The molecule has 0 aliphatic carbocycles. The van der Waals surface area contributed by atoms with Gasteiger partial charge in [-0.25, -0.2) is 4.99 Å². The molecule has 0 heterocycles. The van der Waals surface area contributed by atoms with Gasteiger partial charge >= 0.3 is 0 Å². The van der Waals surface area contributed by atoms with Crippen LogP contribution in [0.5, 0.6) is 5.75 Å². The first kappa shape index (κ1) is 20.3. The number of para-hydroxylation sites is 1. The Morgan fingerprint density at radius 2 is 1.63 bits per heavy atom. The lowest BCUT2D eigenvalue weighted by atomic mass is 10.1. The van der Waals surface area contributed by atoms with E-state index in [1.165, 1.54) is 0 Å². The molecule has 0 aliphatic heterocycles. The quantitative estimate of drug-likeness (QED) is 0.361. The normalized spacial score (nSPS) is 11.0. The molecule has 0 fully saturated rings. The van der Waals surface area contributed by atoms with Gasteiger partial charge in [0.2, 0.25) is 0 Å². The highest BCUT2D eigenvalue weighted by atomic mass is 16.5. The second-order valence-corrected chi connectivity index (χ2v) is 5.84. The molecule has 0 aliphatic rings. The zero-order chi connectivity index (χ0) is 19.3. The van der Waals surface area contributed by atoms with Crippen molar-refractivity contribution in [2.24, 2.45) is 4.99 Å². The van der Waals surface area contributed by atoms with E-state index in [0.717, 1.165) is 23.8 Å². The SMILES string of the molecule is CCNC(=O)c1ccc(CN=C(NCC)NCCOc2ccccc2)cc1. The molecule has 144 valence electrons. The minimum atomic E-state index is -0.0547. The van der Waals surface area contributed by atoms with Gasteiger partial charge in [-0.15, -0.1) is 0 Å². The van der Waals surface area contributed by atoms with E-state index in [2.05, 4.69) is 20.9 Å². The average Bonchev–Trinajstić information content (AvgIpc) is 2.70. The summed E-state index contributed by atoms with van der Waals surface area (Å²) in [5, 5.41) is 9.26. The van der Waals surface area contributed by atoms with Crippen molar-refractivity contribution < 1.29 is 9.53 Å². The van der Waals surface area contributed by atoms with Crippen molar-refractivity contribution in [2.75, 3.05) is 26.2 Å². The number of aliphatic imine (C=N–C) groups is 1. The lowest BCUT2D eigenvalue weighted by Gasteiger charge is -2.12. The number of nitrogens with one attached hydrogen (secondary N) is 3. The highest BCUT2D eigenvalue weighted by molar-refractivity contribution is 5.94. The molecule has 2 rings (SSSR count). The van der Waals surface area contributed by atoms with Gasteiger partial charge in [0.05, 0.1) is 13.1 Å². The smallest absolute Gasteiger partial charge is 0.251 e. The molecular weight excluding hydrogens is 340 g/mol. The number of amides is 1. The van der Waals surface area contributed by atoms with Gasteiger partial charge in [0.1, 0.15) is 12.4 Å². The van der Waals surface area contributed by atoms with Gasteiger partial charge in [-0.2, -0.15) is 0 Å². The molecule has 0 spiro atoms. The summed E-state index contributed by atoms with van der Waals surface area (Å²) in [6.45, 7) is 7.06. The minimum Gasteiger partial charge on any atom is -0.492 e. The van der Waals surface area contributed by atoms with E-state index in [-0.39, 0.29) is 5.91 Å². The Morgan fingerprint density at radius 1 is 0.926 bits per heavy atom. The maximum atomic E-state index is 11.8. The fourth-order valence-corrected chi connectivity index (χ4v) is 2.39. The third kappa shape index (κ3) is 7.40.